The first kappa shape index (κ1) is 15.5. The predicted molar refractivity (Wildman–Crippen MR) is 69.7 cm³/mol. The van der Waals surface area contributed by atoms with Crippen LogP contribution in [0.4, 0.5) is 0 Å². The summed E-state index contributed by atoms with van der Waals surface area (Å²) in [6.07, 6.45) is 1.72. The normalized spacial score (nSPS) is 9.18. The van der Waals surface area contributed by atoms with Crippen LogP contribution in [0.2, 0.25) is 0 Å². The lowest BCUT2D eigenvalue weighted by Gasteiger charge is -2.07. The van der Waals surface area contributed by atoms with E-state index in [1.54, 1.807) is 7.11 Å². The average Bonchev–Trinajstić information content (AvgIpc) is 2.33. The number of ether oxygens (including phenoxy) is 1. The van der Waals surface area contributed by atoms with Crippen molar-refractivity contribution in [3.63, 3.8) is 0 Å². The highest BCUT2D eigenvalue weighted by Gasteiger charge is 2.02. The van der Waals surface area contributed by atoms with Crippen LogP contribution in [0, 0.1) is 6.92 Å². The van der Waals surface area contributed by atoms with Crippen molar-refractivity contribution in [2.24, 2.45) is 0 Å². The molecule has 1 N–H and O–H groups in total. The molecule has 0 aromatic heterocycles. The third kappa shape index (κ3) is 5.95. The maximum atomic E-state index is 10.4. The minimum Gasteiger partial charge on any atom is -0.497 e. The van der Waals surface area contributed by atoms with Crippen LogP contribution in [-0.4, -0.2) is 18.2 Å². The molecule has 0 aliphatic carbocycles. The van der Waals surface area contributed by atoms with E-state index in [-0.39, 0.29) is 6.42 Å². The Morgan fingerprint density at radius 1 is 1.35 bits per heavy atom. The molecule has 0 saturated carbocycles. The van der Waals surface area contributed by atoms with Gasteiger partial charge in [-0.3, -0.25) is 4.79 Å². The fourth-order valence-electron chi connectivity index (χ4n) is 1.51. The smallest absolute Gasteiger partial charge is 0.303 e. The molecule has 0 amide bonds. The minimum absolute atomic E-state index is 0.228. The molecule has 0 fully saturated rings. The van der Waals surface area contributed by atoms with Gasteiger partial charge < -0.3 is 9.84 Å². The number of carbonyl (C=O) groups is 1. The van der Waals surface area contributed by atoms with Gasteiger partial charge in [0.2, 0.25) is 0 Å². The summed E-state index contributed by atoms with van der Waals surface area (Å²) in [6.45, 7) is 6.01. The lowest BCUT2D eigenvalue weighted by atomic mass is 10.0. The molecule has 1 aromatic rings. The molecule has 96 valence electrons. The van der Waals surface area contributed by atoms with Crippen molar-refractivity contribution in [2.45, 2.75) is 40.0 Å². The number of benzene rings is 1. The Hall–Kier alpha value is -1.51. The number of aliphatic carboxylic acids is 1. The molecule has 0 unspecified atom stereocenters. The largest absolute Gasteiger partial charge is 0.497 e. The van der Waals surface area contributed by atoms with E-state index in [0.29, 0.717) is 6.42 Å². The van der Waals surface area contributed by atoms with E-state index >= 15 is 0 Å². The topological polar surface area (TPSA) is 46.5 Å². The summed E-state index contributed by atoms with van der Waals surface area (Å²) < 4.78 is 5.10. The standard InChI is InChI=1S/C12H16O3.C2H6/c1-9-8-11(15-2)7-6-10(9)4-3-5-12(13)14;1-2/h6-8H,3-5H2,1-2H3,(H,13,14);1-2H3. The second kappa shape index (κ2) is 8.62. The number of rotatable bonds is 5. The molecule has 3 heteroatoms. The van der Waals surface area contributed by atoms with Crippen LogP contribution in [0.3, 0.4) is 0 Å². The first-order valence-electron chi connectivity index (χ1n) is 5.99. The molecule has 17 heavy (non-hydrogen) atoms. The molecule has 1 aromatic carbocycles. The predicted octanol–water partition coefficient (Wildman–Crippen LogP) is 3.44. The first-order valence-corrected chi connectivity index (χ1v) is 5.99. The van der Waals surface area contributed by atoms with Crippen molar-refractivity contribution in [2.75, 3.05) is 7.11 Å². The van der Waals surface area contributed by atoms with Crippen molar-refractivity contribution < 1.29 is 14.6 Å². The SMILES string of the molecule is CC.COc1ccc(CCCC(=O)O)c(C)c1. The number of hydrogen-bond donors (Lipinski definition) is 1. The number of carboxylic acids is 1. The van der Waals surface area contributed by atoms with E-state index in [9.17, 15) is 4.79 Å². The monoisotopic (exact) mass is 238 g/mol. The molecule has 0 aliphatic heterocycles. The Bertz CT molecular complexity index is 345. The van der Waals surface area contributed by atoms with Gasteiger partial charge in [0.15, 0.2) is 0 Å². The van der Waals surface area contributed by atoms with Crippen LogP contribution >= 0.6 is 0 Å². The average molecular weight is 238 g/mol. The number of carboxylic acid groups (broad SMARTS) is 1. The Morgan fingerprint density at radius 3 is 2.47 bits per heavy atom. The molecule has 0 heterocycles. The van der Waals surface area contributed by atoms with Crippen LogP contribution in [0.25, 0.3) is 0 Å². The first-order chi connectivity index (χ1) is 8.13. The zero-order chi connectivity index (χ0) is 13.3. The van der Waals surface area contributed by atoms with Gasteiger partial charge in [-0.2, -0.15) is 0 Å². The summed E-state index contributed by atoms with van der Waals surface area (Å²) in [6, 6.07) is 5.87. The van der Waals surface area contributed by atoms with Crippen molar-refractivity contribution in [1.82, 2.24) is 0 Å². The Kier molecular flexibility index (Phi) is 7.85. The lowest BCUT2D eigenvalue weighted by molar-refractivity contribution is -0.137. The quantitative estimate of drug-likeness (QED) is 0.854. The zero-order valence-corrected chi connectivity index (χ0v) is 11.1. The highest BCUT2D eigenvalue weighted by atomic mass is 16.5. The molecular weight excluding hydrogens is 216 g/mol. The van der Waals surface area contributed by atoms with Crippen molar-refractivity contribution in [3.05, 3.63) is 29.3 Å². The van der Waals surface area contributed by atoms with Crippen molar-refractivity contribution in [3.8, 4) is 5.75 Å². The molecular formula is C14H22O3. The summed E-state index contributed by atoms with van der Waals surface area (Å²) in [4.78, 5) is 10.4. The van der Waals surface area contributed by atoms with Crippen molar-refractivity contribution >= 4 is 5.97 Å². The van der Waals surface area contributed by atoms with Gasteiger partial charge in [0.05, 0.1) is 7.11 Å². The highest BCUT2D eigenvalue weighted by Crippen LogP contribution is 2.18. The zero-order valence-electron chi connectivity index (χ0n) is 11.1. The van der Waals surface area contributed by atoms with Crippen LogP contribution < -0.4 is 4.74 Å². The van der Waals surface area contributed by atoms with E-state index in [4.69, 9.17) is 9.84 Å². The number of methoxy groups -OCH3 is 1. The summed E-state index contributed by atoms with van der Waals surface area (Å²) in [7, 11) is 1.64. The molecule has 0 radical (unpaired) electrons. The third-order valence-corrected chi connectivity index (χ3v) is 2.39. The van der Waals surface area contributed by atoms with Crippen LogP contribution in [-0.2, 0) is 11.2 Å². The van der Waals surface area contributed by atoms with Gasteiger partial charge in [-0.1, -0.05) is 19.9 Å². The van der Waals surface area contributed by atoms with Gasteiger partial charge in [0, 0.05) is 6.42 Å². The van der Waals surface area contributed by atoms with Crippen molar-refractivity contribution in [1.29, 1.82) is 0 Å². The summed E-state index contributed by atoms with van der Waals surface area (Å²) in [5.41, 5.74) is 2.34. The van der Waals surface area contributed by atoms with E-state index in [1.807, 2.05) is 39.0 Å². The van der Waals surface area contributed by atoms with E-state index in [1.165, 1.54) is 5.56 Å². The van der Waals surface area contributed by atoms with Gasteiger partial charge in [0.1, 0.15) is 5.75 Å². The fraction of sp³-hybridized carbons (Fsp3) is 0.500. The molecule has 0 saturated heterocycles. The summed E-state index contributed by atoms with van der Waals surface area (Å²) in [5.74, 6) is 0.107. The second-order valence-corrected chi connectivity index (χ2v) is 3.54. The third-order valence-electron chi connectivity index (χ3n) is 2.39. The fourth-order valence-corrected chi connectivity index (χ4v) is 1.51. The summed E-state index contributed by atoms with van der Waals surface area (Å²) in [5, 5.41) is 8.52. The highest BCUT2D eigenvalue weighted by molar-refractivity contribution is 5.66. The number of aryl methyl sites for hydroxylation is 2. The Morgan fingerprint density at radius 2 is 2.00 bits per heavy atom. The molecule has 1 rings (SSSR count). The van der Waals surface area contributed by atoms with Gasteiger partial charge in [-0.25, -0.2) is 0 Å². The molecule has 0 bridgehead atoms. The maximum Gasteiger partial charge on any atom is 0.303 e. The van der Waals surface area contributed by atoms with E-state index in [0.717, 1.165) is 17.7 Å². The summed E-state index contributed by atoms with van der Waals surface area (Å²) >= 11 is 0. The van der Waals surface area contributed by atoms with Gasteiger partial charge in [-0.15, -0.1) is 0 Å². The Balaban J connectivity index is 0.00000121. The lowest BCUT2D eigenvalue weighted by Crippen LogP contribution is -1.97. The molecule has 0 aliphatic rings. The Labute approximate surface area is 103 Å². The minimum atomic E-state index is -0.735. The van der Waals surface area contributed by atoms with E-state index in [2.05, 4.69) is 0 Å². The van der Waals surface area contributed by atoms with Gasteiger partial charge in [0.25, 0.3) is 0 Å². The molecule has 3 nitrogen and oxygen atoms in total. The van der Waals surface area contributed by atoms with Gasteiger partial charge in [-0.05, 0) is 43.0 Å². The van der Waals surface area contributed by atoms with Crippen LogP contribution in [0.15, 0.2) is 18.2 Å². The molecule has 0 atom stereocenters. The second-order valence-electron chi connectivity index (χ2n) is 3.54. The molecule has 0 spiro atoms. The maximum absolute atomic E-state index is 10.4. The van der Waals surface area contributed by atoms with Gasteiger partial charge >= 0.3 is 5.97 Å². The number of hydrogen-bond acceptors (Lipinski definition) is 2. The van der Waals surface area contributed by atoms with Crippen LogP contribution in [0.1, 0.15) is 37.8 Å². The van der Waals surface area contributed by atoms with Crippen LogP contribution in [0.5, 0.6) is 5.75 Å². The van der Waals surface area contributed by atoms with E-state index < -0.39 is 5.97 Å².